The SMILES string of the molecule is CC(C)c1cc(NCCN2CCCC2)cc2c(C(=O)O)cn(C)c12. The number of hydrogen-bond donors (Lipinski definition) is 2. The molecule has 0 saturated carbocycles. The van der Waals surface area contributed by atoms with Crippen molar-refractivity contribution in [3.05, 3.63) is 29.5 Å². The number of carboxylic acids is 1. The molecule has 0 spiro atoms. The fourth-order valence-electron chi connectivity index (χ4n) is 3.66. The zero-order chi connectivity index (χ0) is 17.3. The first-order chi connectivity index (χ1) is 11.5. The molecule has 1 aromatic heterocycles. The Hall–Kier alpha value is -2.01. The van der Waals surface area contributed by atoms with Crippen molar-refractivity contribution < 1.29 is 9.90 Å². The third-order valence-electron chi connectivity index (χ3n) is 4.91. The quantitative estimate of drug-likeness (QED) is 0.851. The molecule has 130 valence electrons. The molecule has 2 heterocycles. The van der Waals surface area contributed by atoms with Crippen molar-refractivity contribution >= 4 is 22.6 Å². The van der Waals surface area contributed by atoms with Gasteiger partial charge in [-0.15, -0.1) is 0 Å². The predicted octanol–water partition coefficient (Wildman–Crippen LogP) is 3.51. The van der Waals surface area contributed by atoms with Crippen LogP contribution in [0.3, 0.4) is 0 Å². The van der Waals surface area contributed by atoms with Crippen molar-refractivity contribution in [3.63, 3.8) is 0 Å². The maximum absolute atomic E-state index is 11.6. The van der Waals surface area contributed by atoms with E-state index in [1.54, 1.807) is 6.20 Å². The standard InChI is InChI=1S/C19H27N3O2/c1-13(2)15-10-14(20-6-9-22-7-4-5-8-22)11-16-17(19(23)24)12-21(3)18(15)16/h10-13,20H,4-9H2,1-3H3,(H,23,24). The number of carboxylic acid groups (broad SMARTS) is 1. The highest BCUT2D eigenvalue weighted by Crippen LogP contribution is 2.32. The molecule has 1 aromatic carbocycles. The van der Waals surface area contributed by atoms with Gasteiger partial charge in [-0.3, -0.25) is 0 Å². The average molecular weight is 329 g/mol. The van der Waals surface area contributed by atoms with Crippen LogP contribution >= 0.6 is 0 Å². The van der Waals surface area contributed by atoms with Gasteiger partial charge in [-0.2, -0.15) is 0 Å². The van der Waals surface area contributed by atoms with Crippen LogP contribution in [-0.4, -0.2) is 46.7 Å². The number of nitrogens with one attached hydrogen (secondary N) is 1. The van der Waals surface area contributed by atoms with Crippen LogP contribution in [0.2, 0.25) is 0 Å². The number of aryl methyl sites for hydroxylation is 1. The predicted molar refractivity (Wildman–Crippen MR) is 98.1 cm³/mol. The van der Waals surface area contributed by atoms with E-state index < -0.39 is 5.97 Å². The number of aromatic nitrogens is 1. The van der Waals surface area contributed by atoms with E-state index in [1.165, 1.54) is 31.5 Å². The topological polar surface area (TPSA) is 57.5 Å². The van der Waals surface area contributed by atoms with Gasteiger partial charge in [-0.1, -0.05) is 13.8 Å². The van der Waals surface area contributed by atoms with E-state index in [1.807, 2.05) is 17.7 Å². The fraction of sp³-hybridized carbons (Fsp3) is 0.526. The maximum atomic E-state index is 11.6. The summed E-state index contributed by atoms with van der Waals surface area (Å²) in [6.07, 6.45) is 4.32. The molecule has 2 aromatic rings. The number of fused-ring (bicyclic) bond motifs is 1. The van der Waals surface area contributed by atoms with Crippen molar-refractivity contribution in [2.45, 2.75) is 32.6 Å². The largest absolute Gasteiger partial charge is 0.478 e. The van der Waals surface area contributed by atoms with Crippen LogP contribution in [0.5, 0.6) is 0 Å². The summed E-state index contributed by atoms with van der Waals surface area (Å²) in [6.45, 7) is 8.61. The lowest BCUT2D eigenvalue weighted by Crippen LogP contribution is -2.25. The summed E-state index contributed by atoms with van der Waals surface area (Å²) < 4.78 is 1.93. The Morgan fingerprint density at radius 1 is 1.29 bits per heavy atom. The zero-order valence-corrected chi connectivity index (χ0v) is 14.8. The minimum Gasteiger partial charge on any atom is -0.478 e. The third-order valence-corrected chi connectivity index (χ3v) is 4.91. The maximum Gasteiger partial charge on any atom is 0.337 e. The summed E-state index contributed by atoms with van der Waals surface area (Å²) in [5.74, 6) is -0.535. The van der Waals surface area contributed by atoms with Crippen LogP contribution in [0.4, 0.5) is 5.69 Å². The first-order valence-electron chi connectivity index (χ1n) is 8.80. The number of anilines is 1. The van der Waals surface area contributed by atoms with Crippen molar-refractivity contribution in [2.75, 3.05) is 31.5 Å². The highest BCUT2D eigenvalue weighted by Gasteiger charge is 2.18. The van der Waals surface area contributed by atoms with E-state index >= 15 is 0 Å². The van der Waals surface area contributed by atoms with Crippen molar-refractivity contribution in [3.8, 4) is 0 Å². The molecule has 0 radical (unpaired) electrons. The van der Waals surface area contributed by atoms with Gasteiger partial charge in [0.1, 0.15) is 0 Å². The smallest absolute Gasteiger partial charge is 0.337 e. The van der Waals surface area contributed by atoms with Crippen LogP contribution in [0.15, 0.2) is 18.3 Å². The molecule has 0 atom stereocenters. The summed E-state index contributed by atoms with van der Waals surface area (Å²) in [6, 6.07) is 4.15. The Balaban J connectivity index is 1.90. The molecule has 1 saturated heterocycles. The minimum absolute atomic E-state index is 0.336. The summed E-state index contributed by atoms with van der Waals surface area (Å²) >= 11 is 0. The number of rotatable bonds is 6. The number of hydrogen-bond acceptors (Lipinski definition) is 3. The summed E-state index contributed by atoms with van der Waals surface area (Å²) in [4.78, 5) is 14.0. The van der Waals surface area contributed by atoms with Crippen molar-refractivity contribution in [2.24, 2.45) is 7.05 Å². The summed E-state index contributed by atoms with van der Waals surface area (Å²) in [5.41, 5.74) is 3.59. The van der Waals surface area contributed by atoms with Gasteiger partial charge in [0.2, 0.25) is 0 Å². The summed E-state index contributed by atoms with van der Waals surface area (Å²) in [5, 5.41) is 13.8. The lowest BCUT2D eigenvalue weighted by molar-refractivity contribution is 0.0699. The van der Waals surface area contributed by atoms with Gasteiger partial charge in [-0.05, 0) is 49.5 Å². The molecular formula is C19H27N3O2. The molecular weight excluding hydrogens is 302 g/mol. The Kier molecular flexibility index (Phi) is 4.81. The van der Waals surface area contributed by atoms with Crippen LogP contribution in [-0.2, 0) is 7.05 Å². The summed E-state index contributed by atoms with van der Waals surface area (Å²) in [7, 11) is 1.92. The van der Waals surface area contributed by atoms with Crippen LogP contribution < -0.4 is 5.32 Å². The van der Waals surface area contributed by atoms with Gasteiger partial charge in [0.15, 0.2) is 0 Å². The molecule has 1 fully saturated rings. The monoisotopic (exact) mass is 329 g/mol. The molecule has 24 heavy (non-hydrogen) atoms. The molecule has 0 aliphatic carbocycles. The minimum atomic E-state index is -0.871. The number of benzene rings is 1. The van der Waals surface area contributed by atoms with E-state index in [9.17, 15) is 9.90 Å². The normalized spacial score (nSPS) is 15.5. The molecule has 3 rings (SSSR count). The Labute approximate surface area is 143 Å². The molecule has 2 N–H and O–H groups in total. The number of carbonyl (C=O) groups is 1. The van der Waals surface area contributed by atoms with E-state index in [4.69, 9.17) is 0 Å². The van der Waals surface area contributed by atoms with Crippen molar-refractivity contribution in [1.82, 2.24) is 9.47 Å². The molecule has 1 aliphatic heterocycles. The number of aromatic carboxylic acids is 1. The van der Waals surface area contributed by atoms with Crippen molar-refractivity contribution in [1.29, 1.82) is 0 Å². The Morgan fingerprint density at radius 3 is 2.62 bits per heavy atom. The highest BCUT2D eigenvalue weighted by molar-refractivity contribution is 6.05. The van der Waals surface area contributed by atoms with Gasteiger partial charge < -0.3 is 19.9 Å². The molecule has 5 nitrogen and oxygen atoms in total. The van der Waals surface area contributed by atoms with E-state index in [-0.39, 0.29) is 0 Å². The van der Waals surface area contributed by atoms with E-state index in [2.05, 4.69) is 30.1 Å². The van der Waals surface area contributed by atoms with Crippen LogP contribution in [0.1, 0.15) is 48.5 Å². The molecule has 0 unspecified atom stereocenters. The lowest BCUT2D eigenvalue weighted by atomic mass is 9.98. The number of nitrogens with zero attached hydrogens (tertiary/aromatic N) is 2. The van der Waals surface area contributed by atoms with Gasteiger partial charge in [0, 0.05) is 37.4 Å². The van der Waals surface area contributed by atoms with Gasteiger partial charge in [0.05, 0.1) is 11.1 Å². The molecule has 1 aliphatic rings. The van der Waals surface area contributed by atoms with E-state index in [0.717, 1.165) is 29.7 Å². The molecule has 0 bridgehead atoms. The number of likely N-dealkylation sites (tertiary alicyclic amines) is 1. The zero-order valence-electron chi connectivity index (χ0n) is 14.8. The fourth-order valence-corrected chi connectivity index (χ4v) is 3.66. The molecule has 0 amide bonds. The van der Waals surface area contributed by atoms with Crippen LogP contribution in [0, 0.1) is 0 Å². The first-order valence-corrected chi connectivity index (χ1v) is 8.80. The van der Waals surface area contributed by atoms with Gasteiger partial charge >= 0.3 is 5.97 Å². The van der Waals surface area contributed by atoms with Gasteiger partial charge in [-0.25, -0.2) is 4.79 Å². The van der Waals surface area contributed by atoms with Crippen LogP contribution in [0.25, 0.3) is 10.9 Å². The van der Waals surface area contributed by atoms with Gasteiger partial charge in [0.25, 0.3) is 0 Å². The third kappa shape index (κ3) is 3.26. The second-order valence-corrected chi connectivity index (χ2v) is 7.05. The Bertz CT molecular complexity index is 743. The molecule has 5 heteroatoms. The highest BCUT2D eigenvalue weighted by atomic mass is 16.4. The van der Waals surface area contributed by atoms with E-state index in [0.29, 0.717) is 11.5 Å². The first kappa shape index (κ1) is 16.8. The second-order valence-electron chi connectivity index (χ2n) is 7.05. The average Bonchev–Trinajstić information content (AvgIpc) is 3.15. The lowest BCUT2D eigenvalue weighted by Gasteiger charge is -2.17. The second kappa shape index (κ2) is 6.85. The Morgan fingerprint density at radius 2 is 2.00 bits per heavy atom.